The lowest BCUT2D eigenvalue weighted by atomic mass is 10.2. The minimum atomic E-state index is -4.24. The van der Waals surface area contributed by atoms with Crippen molar-refractivity contribution in [2.24, 2.45) is 5.73 Å². The number of anilines is 1. The van der Waals surface area contributed by atoms with E-state index in [2.05, 4.69) is 0 Å². The highest BCUT2D eigenvalue weighted by molar-refractivity contribution is 6.33. The Balaban J connectivity index is 2.96. The van der Waals surface area contributed by atoms with Crippen molar-refractivity contribution in [3.8, 4) is 0 Å². The van der Waals surface area contributed by atoms with Crippen LogP contribution < -0.4 is 10.6 Å². The molecular weight excluding hydrogens is 253 g/mol. The monoisotopic (exact) mass is 266 g/mol. The molecule has 0 saturated heterocycles. The second-order valence-corrected chi connectivity index (χ2v) is 4.03. The third kappa shape index (κ3) is 4.09. The van der Waals surface area contributed by atoms with Crippen LogP contribution in [0.25, 0.3) is 0 Å². The Morgan fingerprint density at radius 2 is 2.00 bits per heavy atom. The van der Waals surface area contributed by atoms with Gasteiger partial charge >= 0.3 is 6.18 Å². The fourth-order valence-corrected chi connectivity index (χ4v) is 1.84. The normalized spacial score (nSPS) is 11.6. The smallest absolute Gasteiger partial charge is 0.362 e. The topological polar surface area (TPSA) is 29.3 Å². The van der Waals surface area contributed by atoms with Gasteiger partial charge in [0.15, 0.2) is 0 Å². The molecule has 1 aromatic rings. The molecule has 0 aliphatic carbocycles. The first-order valence-electron chi connectivity index (χ1n) is 5.17. The van der Waals surface area contributed by atoms with Crippen LogP contribution in [-0.2, 0) is 6.54 Å². The van der Waals surface area contributed by atoms with E-state index in [0.29, 0.717) is 17.3 Å². The van der Waals surface area contributed by atoms with Gasteiger partial charge < -0.3 is 10.6 Å². The molecule has 0 aliphatic heterocycles. The average Bonchev–Trinajstić information content (AvgIpc) is 2.24. The van der Waals surface area contributed by atoms with E-state index in [4.69, 9.17) is 17.3 Å². The molecule has 1 aromatic carbocycles. The Hall–Kier alpha value is -0.940. The van der Waals surface area contributed by atoms with Crippen LogP contribution in [0.2, 0.25) is 5.02 Å². The summed E-state index contributed by atoms with van der Waals surface area (Å²) in [5, 5.41) is 0.291. The summed E-state index contributed by atoms with van der Waals surface area (Å²) >= 11 is 5.95. The molecule has 0 saturated carbocycles. The third-order valence-corrected chi connectivity index (χ3v) is 2.64. The Morgan fingerprint density at radius 1 is 1.35 bits per heavy atom. The van der Waals surface area contributed by atoms with Gasteiger partial charge in [-0.2, -0.15) is 13.2 Å². The molecule has 0 amide bonds. The van der Waals surface area contributed by atoms with Gasteiger partial charge in [0.2, 0.25) is 0 Å². The molecule has 6 heteroatoms. The third-order valence-electron chi connectivity index (χ3n) is 2.34. The van der Waals surface area contributed by atoms with Gasteiger partial charge in [0.25, 0.3) is 0 Å². The molecular formula is C11H14ClF3N2. The van der Waals surface area contributed by atoms with E-state index in [1.54, 1.807) is 25.1 Å². The van der Waals surface area contributed by atoms with Crippen molar-refractivity contribution in [3.05, 3.63) is 28.8 Å². The lowest BCUT2D eigenvalue weighted by Crippen LogP contribution is -2.34. The summed E-state index contributed by atoms with van der Waals surface area (Å²) in [6.07, 6.45) is -4.24. The lowest BCUT2D eigenvalue weighted by Gasteiger charge is -2.25. The van der Waals surface area contributed by atoms with Crippen molar-refractivity contribution in [2.75, 3.05) is 18.0 Å². The van der Waals surface area contributed by atoms with Crippen LogP contribution in [-0.4, -0.2) is 19.3 Å². The summed E-state index contributed by atoms with van der Waals surface area (Å²) in [7, 11) is 0. The van der Waals surface area contributed by atoms with Crippen LogP contribution in [0.5, 0.6) is 0 Å². The quantitative estimate of drug-likeness (QED) is 0.907. The molecule has 0 aromatic heterocycles. The molecule has 0 heterocycles. The zero-order chi connectivity index (χ0) is 13.1. The van der Waals surface area contributed by atoms with Gasteiger partial charge in [0.1, 0.15) is 6.54 Å². The fraction of sp³-hybridized carbons (Fsp3) is 0.455. The number of hydrogen-bond acceptors (Lipinski definition) is 2. The molecule has 96 valence electrons. The predicted molar refractivity (Wildman–Crippen MR) is 63.3 cm³/mol. The molecule has 0 bridgehead atoms. The summed E-state index contributed by atoms with van der Waals surface area (Å²) in [6.45, 7) is 1.19. The number of halogens is 4. The standard InChI is InChI=1S/C11H14ClF3N2/c1-2-17(7-11(13,14)15)10-4-3-8(6-16)5-9(10)12/h3-5H,2,6-7,16H2,1H3. The first-order valence-corrected chi connectivity index (χ1v) is 5.55. The molecule has 17 heavy (non-hydrogen) atoms. The molecule has 2 N–H and O–H groups in total. The Labute approximate surface area is 103 Å². The van der Waals surface area contributed by atoms with Crippen LogP contribution in [0.1, 0.15) is 12.5 Å². The Morgan fingerprint density at radius 3 is 2.41 bits per heavy atom. The first kappa shape index (κ1) is 14.1. The van der Waals surface area contributed by atoms with Gasteiger partial charge in [-0.15, -0.1) is 0 Å². The second kappa shape index (κ2) is 5.60. The van der Waals surface area contributed by atoms with E-state index in [1.807, 2.05) is 0 Å². The number of nitrogens with zero attached hydrogens (tertiary/aromatic N) is 1. The van der Waals surface area contributed by atoms with Crippen LogP contribution in [0.3, 0.4) is 0 Å². The SMILES string of the molecule is CCN(CC(F)(F)F)c1ccc(CN)cc1Cl. The van der Waals surface area contributed by atoms with E-state index < -0.39 is 12.7 Å². The van der Waals surface area contributed by atoms with Crippen molar-refractivity contribution in [1.29, 1.82) is 0 Å². The number of rotatable bonds is 4. The van der Waals surface area contributed by atoms with Gasteiger partial charge in [-0.25, -0.2) is 0 Å². The van der Waals surface area contributed by atoms with Gasteiger partial charge in [-0.1, -0.05) is 17.7 Å². The molecule has 0 fully saturated rings. The highest BCUT2D eigenvalue weighted by Gasteiger charge is 2.30. The maximum atomic E-state index is 12.4. The largest absolute Gasteiger partial charge is 0.405 e. The highest BCUT2D eigenvalue weighted by atomic mass is 35.5. The Kier molecular flexibility index (Phi) is 4.65. The minimum absolute atomic E-state index is 0.237. The van der Waals surface area contributed by atoms with Crippen LogP contribution >= 0.6 is 11.6 Å². The minimum Gasteiger partial charge on any atom is -0.362 e. The van der Waals surface area contributed by atoms with Crippen molar-refractivity contribution in [3.63, 3.8) is 0 Å². The van der Waals surface area contributed by atoms with Crippen LogP contribution in [0.15, 0.2) is 18.2 Å². The molecule has 0 aliphatic rings. The van der Waals surface area contributed by atoms with Crippen molar-refractivity contribution >= 4 is 17.3 Å². The fourth-order valence-electron chi connectivity index (χ4n) is 1.52. The highest BCUT2D eigenvalue weighted by Crippen LogP contribution is 2.29. The van der Waals surface area contributed by atoms with Gasteiger partial charge in [-0.05, 0) is 24.6 Å². The van der Waals surface area contributed by atoms with E-state index in [1.165, 1.54) is 4.90 Å². The molecule has 0 spiro atoms. The molecule has 0 radical (unpaired) electrons. The van der Waals surface area contributed by atoms with E-state index in [0.717, 1.165) is 5.56 Å². The number of benzene rings is 1. The number of hydrogen-bond donors (Lipinski definition) is 1. The van der Waals surface area contributed by atoms with E-state index in [9.17, 15) is 13.2 Å². The molecule has 1 rings (SSSR count). The zero-order valence-electron chi connectivity index (χ0n) is 9.39. The van der Waals surface area contributed by atoms with E-state index in [-0.39, 0.29) is 6.54 Å². The maximum absolute atomic E-state index is 12.4. The number of nitrogens with two attached hydrogens (primary N) is 1. The molecule has 0 atom stereocenters. The van der Waals surface area contributed by atoms with Crippen LogP contribution in [0.4, 0.5) is 18.9 Å². The predicted octanol–water partition coefficient (Wildman–Crippen LogP) is 3.19. The molecule has 0 unspecified atom stereocenters. The summed E-state index contributed by atoms with van der Waals surface area (Å²) in [4.78, 5) is 1.18. The Bertz CT molecular complexity index is 379. The van der Waals surface area contributed by atoms with Gasteiger partial charge in [-0.3, -0.25) is 0 Å². The van der Waals surface area contributed by atoms with Crippen LogP contribution in [0, 0.1) is 0 Å². The maximum Gasteiger partial charge on any atom is 0.405 e. The van der Waals surface area contributed by atoms with Crippen molar-refractivity contribution < 1.29 is 13.2 Å². The second-order valence-electron chi connectivity index (χ2n) is 3.62. The summed E-state index contributed by atoms with van der Waals surface area (Å²) < 4.78 is 37.1. The van der Waals surface area contributed by atoms with Crippen molar-refractivity contribution in [2.45, 2.75) is 19.6 Å². The summed E-state index contributed by atoms with van der Waals surface area (Å²) in [5.41, 5.74) is 6.60. The molecule has 2 nitrogen and oxygen atoms in total. The van der Waals surface area contributed by atoms with Crippen molar-refractivity contribution in [1.82, 2.24) is 0 Å². The first-order chi connectivity index (χ1) is 7.87. The number of alkyl halides is 3. The summed E-state index contributed by atoms with van der Waals surface area (Å²) in [6, 6.07) is 4.84. The average molecular weight is 267 g/mol. The summed E-state index contributed by atoms with van der Waals surface area (Å²) in [5.74, 6) is 0. The zero-order valence-corrected chi connectivity index (χ0v) is 10.1. The van der Waals surface area contributed by atoms with Gasteiger partial charge in [0, 0.05) is 13.1 Å². The van der Waals surface area contributed by atoms with Gasteiger partial charge in [0.05, 0.1) is 10.7 Å². The van der Waals surface area contributed by atoms with E-state index >= 15 is 0 Å². The lowest BCUT2D eigenvalue weighted by molar-refractivity contribution is -0.119.